The van der Waals surface area contributed by atoms with Gasteiger partial charge in [-0.25, -0.2) is 9.37 Å². The molecule has 2 aromatic rings. The van der Waals surface area contributed by atoms with Crippen LogP contribution in [-0.2, 0) is 17.6 Å². The summed E-state index contributed by atoms with van der Waals surface area (Å²) < 4.78 is 13.0. The van der Waals surface area contributed by atoms with E-state index in [0.29, 0.717) is 6.42 Å². The van der Waals surface area contributed by atoms with Crippen molar-refractivity contribution >= 4 is 17.2 Å². The van der Waals surface area contributed by atoms with E-state index in [4.69, 9.17) is 0 Å². The number of amides is 1. The maximum absolute atomic E-state index is 13.0. The van der Waals surface area contributed by atoms with Crippen molar-refractivity contribution in [3.05, 3.63) is 52.2 Å². The zero-order valence-corrected chi connectivity index (χ0v) is 13.9. The van der Waals surface area contributed by atoms with Gasteiger partial charge in [-0.1, -0.05) is 12.1 Å². The Morgan fingerprint density at radius 1 is 1.30 bits per heavy atom. The number of likely N-dealkylation sites (tertiary alicyclic amines) is 1. The van der Waals surface area contributed by atoms with E-state index in [2.05, 4.69) is 4.98 Å². The Morgan fingerprint density at radius 3 is 2.87 bits per heavy atom. The number of benzene rings is 1. The number of rotatable bonds is 5. The van der Waals surface area contributed by atoms with E-state index in [0.717, 1.165) is 49.2 Å². The Kier molecular flexibility index (Phi) is 5.39. The summed E-state index contributed by atoms with van der Waals surface area (Å²) in [5, 5.41) is 2.96. The summed E-state index contributed by atoms with van der Waals surface area (Å²) in [5.74, 6) is 0.000728. The number of aromatic nitrogens is 1. The van der Waals surface area contributed by atoms with Crippen molar-refractivity contribution in [3.8, 4) is 0 Å². The molecule has 1 aliphatic heterocycles. The first kappa shape index (κ1) is 16.1. The highest BCUT2D eigenvalue weighted by atomic mass is 32.1. The second kappa shape index (κ2) is 7.68. The molecule has 1 atom stereocenters. The molecule has 1 aromatic carbocycles. The molecule has 122 valence electrons. The second-order valence-corrected chi connectivity index (χ2v) is 6.97. The molecule has 0 N–H and O–H groups in total. The fourth-order valence-electron chi connectivity index (χ4n) is 3.17. The number of piperidine rings is 1. The molecular weight excluding hydrogens is 311 g/mol. The van der Waals surface area contributed by atoms with Gasteiger partial charge >= 0.3 is 0 Å². The van der Waals surface area contributed by atoms with Crippen LogP contribution in [-0.4, -0.2) is 28.4 Å². The van der Waals surface area contributed by atoms with Crippen molar-refractivity contribution in [3.63, 3.8) is 0 Å². The number of carbonyl (C=O) groups excluding carboxylic acids is 1. The number of carbonyl (C=O) groups is 1. The van der Waals surface area contributed by atoms with Gasteiger partial charge in [0.15, 0.2) is 0 Å². The molecule has 0 saturated carbocycles. The van der Waals surface area contributed by atoms with Gasteiger partial charge in [-0.15, -0.1) is 11.3 Å². The zero-order valence-electron chi connectivity index (χ0n) is 13.1. The summed E-state index contributed by atoms with van der Waals surface area (Å²) in [6.45, 7) is 0.836. The lowest BCUT2D eigenvalue weighted by atomic mass is 9.95. The van der Waals surface area contributed by atoms with Crippen LogP contribution < -0.4 is 0 Å². The van der Waals surface area contributed by atoms with Crippen LogP contribution in [0.4, 0.5) is 4.39 Å². The minimum absolute atomic E-state index is 0.214. The van der Waals surface area contributed by atoms with E-state index in [1.807, 2.05) is 22.4 Å². The molecule has 3 nitrogen and oxygen atoms in total. The van der Waals surface area contributed by atoms with Gasteiger partial charge in [-0.05, 0) is 43.4 Å². The Balaban J connectivity index is 1.61. The van der Waals surface area contributed by atoms with E-state index >= 15 is 0 Å². The molecule has 23 heavy (non-hydrogen) atoms. The Bertz CT molecular complexity index is 627. The quantitative estimate of drug-likeness (QED) is 0.833. The average molecular weight is 332 g/mol. The first-order valence-electron chi connectivity index (χ1n) is 8.14. The van der Waals surface area contributed by atoms with Crippen LogP contribution in [0.15, 0.2) is 35.8 Å². The van der Waals surface area contributed by atoms with Crippen molar-refractivity contribution in [1.29, 1.82) is 0 Å². The third-order valence-corrected chi connectivity index (χ3v) is 5.21. The van der Waals surface area contributed by atoms with E-state index in [9.17, 15) is 9.18 Å². The summed E-state index contributed by atoms with van der Waals surface area (Å²) in [6, 6.07) is 6.86. The number of hydrogen-bond donors (Lipinski definition) is 0. The third-order valence-electron chi connectivity index (χ3n) is 4.37. The predicted molar refractivity (Wildman–Crippen MR) is 89.9 cm³/mol. The van der Waals surface area contributed by atoms with Gasteiger partial charge in [-0.2, -0.15) is 0 Å². The molecule has 0 radical (unpaired) electrons. The van der Waals surface area contributed by atoms with Gasteiger partial charge in [0.1, 0.15) is 5.82 Å². The van der Waals surface area contributed by atoms with E-state index in [1.165, 1.54) is 12.1 Å². The summed E-state index contributed by atoms with van der Waals surface area (Å²) in [7, 11) is 0. The molecule has 1 aliphatic rings. The van der Waals surface area contributed by atoms with Crippen molar-refractivity contribution in [2.24, 2.45) is 0 Å². The lowest BCUT2D eigenvalue weighted by Crippen LogP contribution is -2.45. The predicted octanol–water partition coefficient (Wildman–Crippen LogP) is 3.84. The maximum atomic E-state index is 13.0. The molecule has 0 unspecified atom stereocenters. The first-order chi connectivity index (χ1) is 11.2. The van der Waals surface area contributed by atoms with Gasteiger partial charge in [0, 0.05) is 37.0 Å². The van der Waals surface area contributed by atoms with Crippen LogP contribution >= 0.6 is 11.3 Å². The van der Waals surface area contributed by atoms with Crippen molar-refractivity contribution in [2.75, 3.05) is 6.54 Å². The van der Waals surface area contributed by atoms with E-state index < -0.39 is 0 Å². The number of hydrogen-bond acceptors (Lipinski definition) is 3. The topological polar surface area (TPSA) is 33.2 Å². The minimum atomic E-state index is -0.214. The highest BCUT2D eigenvalue weighted by Gasteiger charge is 2.26. The minimum Gasteiger partial charge on any atom is -0.339 e. The normalized spacial score (nSPS) is 18.1. The lowest BCUT2D eigenvalue weighted by molar-refractivity contribution is -0.134. The third kappa shape index (κ3) is 4.38. The molecule has 3 rings (SSSR count). The average Bonchev–Trinajstić information content (AvgIpc) is 3.09. The monoisotopic (exact) mass is 332 g/mol. The Labute approximate surface area is 140 Å². The largest absolute Gasteiger partial charge is 0.339 e. The number of nitrogens with zero attached hydrogens (tertiary/aromatic N) is 2. The fourth-order valence-corrected chi connectivity index (χ4v) is 3.79. The van der Waals surface area contributed by atoms with Crippen LogP contribution in [0.5, 0.6) is 0 Å². The van der Waals surface area contributed by atoms with E-state index in [-0.39, 0.29) is 17.8 Å². The van der Waals surface area contributed by atoms with Crippen LogP contribution in [0.2, 0.25) is 0 Å². The number of thiazole rings is 1. The van der Waals surface area contributed by atoms with Crippen LogP contribution in [0.3, 0.4) is 0 Å². The summed E-state index contributed by atoms with van der Waals surface area (Å²) in [6.07, 6.45) is 7.08. The molecule has 0 spiro atoms. The molecule has 1 fully saturated rings. The zero-order chi connectivity index (χ0) is 16.1. The van der Waals surface area contributed by atoms with E-state index in [1.54, 1.807) is 17.5 Å². The molecule has 1 aromatic heterocycles. The fraction of sp³-hybridized carbons (Fsp3) is 0.444. The molecule has 1 amide bonds. The summed E-state index contributed by atoms with van der Waals surface area (Å²) in [4.78, 5) is 18.9. The van der Waals surface area contributed by atoms with Gasteiger partial charge < -0.3 is 4.90 Å². The van der Waals surface area contributed by atoms with Gasteiger partial charge in [0.2, 0.25) is 5.91 Å². The Morgan fingerprint density at radius 2 is 2.13 bits per heavy atom. The van der Waals surface area contributed by atoms with Crippen molar-refractivity contribution < 1.29 is 9.18 Å². The van der Waals surface area contributed by atoms with Crippen LogP contribution in [0.1, 0.15) is 36.3 Å². The first-order valence-corrected chi connectivity index (χ1v) is 9.02. The standard InChI is InChI=1S/C18H21FN2OS/c19-15-6-4-14(5-7-15)13-16-3-1-2-11-21(16)18(22)9-8-17-20-10-12-23-17/h4-7,10,12,16H,1-3,8-9,11,13H2/t16-/m1/s1. The smallest absolute Gasteiger partial charge is 0.223 e. The molecule has 5 heteroatoms. The number of aryl methyl sites for hydroxylation is 1. The highest BCUT2D eigenvalue weighted by molar-refractivity contribution is 7.09. The van der Waals surface area contributed by atoms with Crippen LogP contribution in [0, 0.1) is 5.82 Å². The summed E-state index contributed by atoms with van der Waals surface area (Å²) in [5.41, 5.74) is 1.09. The van der Waals surface area contributed by atoms with Crippen molar-refractivity contribution in [2.45, 2.75) is 44.6 Å². The number of halogens is 1. The lowest BCUT2D eigenvalue weighted by Gasteiger charge is -2.36. The molecule has 2 heterocycles. The highest BCUT2D eigenvalue weighted by Crippen LogP contribution is 2.22. The molecule has 0 bridgehead atoms. The van der Waals surface area contributed by atoms with Gasteiger partial charge in [0.05, 0.1) is 5.01 Å². The Hall–Kier alpha value is -1.75. The molecular formula is C18H21FN2OS. The second-order valence-electron chi connectivity index (χ2n) is 5.99. The van der Waals surface area contributed by atoms with Gasteiger partial charge in [0.25, 0.3) is 0 Å². The molecule has 0 aliphatic carbocycles. The van der Waals surface area contributed by atoms with Crippen LogP contribution in [0.25, 0.3) is 0 Å². The summed E-state index contributed by atoms with van der Waals surface area (Å²) >= 11 is 1.60. The molecule has 1 saturated heterocycles. The maximum Gasteiger partial charge on any atom is 0.223 e. The van der Waals surface area contributed by atoms with Gasteiger partial charge in [-0.3, -0.25) is 4.79 Å². The van der Waals surface area contributed by atoms with Crippen molar-refractivity contribution in [1.82, 2.24) is 9.88 Å². The SMILES string of the molecule is O=C(CCc1nccs1)N1CCCC[C@@H]1Cc1ccc(F)cc1.